The first-order chi connectivity index (χ1) is 8.00. The number of carboxylic acid groups (broad SMARTS) is 2. The summed E-state index contributed by atoms with van der Waals surface area (Å²) in [5.74, 6) is -3.74. The zero-order chi connectivity index (χ0) is 12.8. The van der Waals surface area contributed by atoms with Crippen LogP contribution in [0, 0.1) is 5.92 Å². The van der Waals surface area contributed by atoms with Crippen molar-refractivity contribution in [2.75, 3.05) is 0 Å². The Bertz CT molecular complexity index is 318. The maximum atomic E-state index is 11.7. The maximum absolute atomic E-state index is 11.7. The third kappa shape index (κ3) is 8.32. The quantitative estimate of drug-likeness (QED) is 0.505. The first kappa shape index (κ1) is 21.7. The minimum absolute atomic E-state index is 0. The van der Waals surface area contributed by atoms with Gasteiger partial charge in [0.25, 0.3) is 0 Å². The van der Waals surface area contributed by atoms with Crippen molar-refractivity contribution in [1.82, 2.24) is 5.32 Å². The number of carboxylic acids is 2. The number of hydrogen-bond donors (Lipinski definition) is 1. The van der Waals surface area contributed by atoms with Crippen LogP contribution in [0.4, 0.5) is 0 Å². The summed E-state index contributed by atoms with van der Waals surface area (Å²) in [7, 11) is 0. The minimum atomic E-state index is -1.60. The van der Waals surface area contributed by atoms with Crippen LogP contribution in [0.25, 0.3) is 0 Å². The Kier molecular flexibility index (Phi) is 12.7. The van der Waals surface area contributed by atoms with Gasteiger partial charge in [-0.2, -0.15) is 0 Å². The SMILES string of the molecule is O=C([O-])CC(NC(=O)C1CCCCC1)C(=O)[O-].[Na+].[Na+]. The van der Waals surface area contributed by atoms with Crippen LogP contribution in [0.3, 0.4) is 0 Å². The number of carbonyl (C=O) groups is 3. The average Bonchev–Trinajstić information content (AvgIpc) is 2.28. The zero-order valence-corrected chi connectivity index (χ0v) is 15.4. The van der Waals surface area contributed by atoms with Crippen molar-refractivity contribution in [3.63, 3.8) is 0 Å². The van der Waals surface area contributed by atoms with E-state index in [1.807, 2.05) is 0 Å². The van der Waals surface area contributed by atoms with Gasteiger partial charge in [-0.05, 0) is 12.8 Å². The van der Waals surface area contributed by atoms with E-state index >= 15 is 0 Å². The summed E-state index contributed by atoms with van der Waals surface area (Å²) < 4.78 is 0. The zero-order valence-electron chi connectivity index (χ0n) is 11.4. The molecule has 8 heteroatoms. The van der Waals surface area contributed by atoms with Crippen LogP contribution in [-0.2, 0) is 14.4 Å². The van der Waals surface area contributed by atoms with Crippen LogP contribution in [0.2, 0.25) is 0 Å². The van der Waals surface area contributed by atoms with Gasteiger partial charge in [0.05, 0.1) is 12.0 Å². The Balaban J connectivity index is 0. The summed E-state index contributed by atoms with van der Waals surface area (Å²) >= 11 is 0. The number of carbonyl (C=O) groups excluding carboxylic acids is 3. The van der Waals surface area contributed by atoms with Crippen molar-refractivity contribution in [2.24, 2.45) is 5.92 Å². The molecule has 0 spiro atoms. The van der Waals surface area contributed by atoms with Gasteiger partial charge >= 0.3 is 59.1 Å². The smallest absolute Gasteiger partial charge is 0.550 e. The molecule has 1 rings (SSSR count). The van der Waals surface area contributed by atoms with E-state index in [1.54, 1.807) is 0 Å². The summed E-state index contributed by atoms with van der Waals surface area (Å²) in [5.41, 5.74) is 0. The monoisotopic (exact) mass is 287 g/mol. The third-order valence-corrected chi connectivity index (χ3v) is 2.95. The van der Waals surface area contributed by atoms with E-state index in [1.165, 1.54) is 0 Å². The molecule has 19 heavy (non-hydrogen) atoms. The van der Waals surface area contributed by atoms with Gasteiger partial charge in [0.1, 0.15) is 0 Å². The molecule has 0 aromatic carbocycles. The maximum Gasteiger partial charge on any atom is 1.00 e. The standard InChI is InChI=1S/C11H17NO5.2Na/c13-9(14)6-8(11(16)17)12-10(15)7-4-2-1-3-5-7;;/h7-8H,1-6H2,(H,12,15)(H,13,14)(H,16,17);;/q;2*+1/p-2. The number of aliphatic carboxylic acids is 2. The Morgan fingerprint density at radius 3 is 2.00 bits per heavy atom. The minimum Gasteiger partial charge on any atom is -0.550 e. The normalized spacial score (nSPS) is 16.4. The van der Waals surface area contributed by atoms with Crippen molar-refractivity contribution in [2.45, 2.75) is 44.6 Å². The molecule has 1 aliphatic rings. The second-order valence-corrected chi connectivity index (χ2v) is 4.29. The van der Waals surface area contributed by atoms with E-state index in [0.717, 1.165) is 32.1 Å². The van der Waals surface area contributed by atoms with Gasteiger partial charge in [0.2, 0.25) is 5.91 Å². The second-order valence-electron chi connectivity index (χ2n) is 4.29. The molecule has 0 saturated heterocycles. The van der Waals surface area contributed by atoms with Gasteiger partial charge in [0, 0.05) is 18.3 Å². The van der Waals surface area contributed by atoms with E-state index < -0.39 is 30.3 Å². The molecule has 1 atom stereocenters. The van der Waals surface area contributed by atoms with Gasteiger partial charge in [-0.3, -0.25) is 4.79 Å². The summed E-state index contributed by atoms with van der Waals surface area (Å²) in [6.45, 7) is 0. The van der Waals surface area contributed by atoms with Gasteiger partial charge in [-0.1, -0.05) is 19.3 Å². The summed E-state index contributed by atoms with van der Waals surface area (Å²) in [5, 5.41) is 23.2. The Morgan fingerprint density at radius 2 is 1.58 bits per heavy atom. The molecule has 1 unspecified atom stereocenters. The van der Waals surface area contributed by atoms with E-state index in [4.69, 9.17) is 0 Å². The van der Waals surface area contributed by atoms with E-state index in [9.17, 15) is 24.6 Å². The summed E-state index contributed by atoms with van der Waals surface area (Å²) in [6.07, 6.45) is 3.63. The van der Waals surface area contributed by atoms with Crippen LogP contribution in [0.5, 0.6) is 0 Å². The van der Waals surface area contributed by atoms with Crippen LogP contribution >= 0.6 is 0 Å². The van der Waals surface area contributed by atoms with E-state index in [2.05, 4.69) is 5.32 Å². The molecule has 1 amide bonds. The molecule has 1 saturated carbocycles. The molecular formula is C11H15NNa2O5. The largest absolute Gasteiger partial charge is 1.00 e. The fourth-order valence-corrected chi connectivity index (χ4v) is 2.01. The Labute approximate surface area is 156 Å². The molecule has 96 valence electrons. The first-order valence-electron chi connectivity index (χ1n) is 5.71. The molecule has 1 N–H and O–H groups in total. The van der Waals surface area contributed by atoms with Crippen LogP contribution < -0.4 is 74.6 Å². The van der Waals surface area contributed by atoms with Gasteiger partial charge in [0.15, 0.2) is 0 Å². The van der Waals surface area contributed by atoms with Gasteiger partial charge in [-0.25, -0.2) is 0 Å². The number of rotatable bonds is 5. The summed E-state index contributed by atoms with van der Waals surface area (Å²) in [4.78, 5) is 32.6. The topological polar surface area (TPSA) is 109 Å². The van der Waals surface area contributed by atoms with E-state index in [0.29, 0.717) is 0 Å². The van der Waals surface area contributed by atoms with Crippen molar-refractivity contribution in [1.29, 1.82) is 0 Å². The molecule has 1 aliphatic carbocycles. The van der Waals surface area contributed by atoms with Crippen molar-refractivity contribution >= 4 is 17.8 Å². The molecule has 0 bridgehead atoms. The predicted octanol–water partition coefficient (Wildman–Crippen LogP) is -8.05. The summed E-state index contributed by atoms with van der Waals surface area (Å²) in [6, 6.07) is -1.51. The molecule has 0 radical (unpaired) electrons. The fraction of sp³-hybridized carbons (Fsp3) is 0.727. The molecule has 1 fully saturated rings. The number of nitrogens with one attached hydrogen (secondary N) is 1. The Hall–Kier alpha value is 0.410. The van der Waals surface area contributed by atoms with Crippen LogP contribution in [0.1, 0.15) is 38.5 Å². The average molecular weight is 287 g/mol. The molecule has 0 heterocycles. The Morgan fingerprint density at radius 1 is 1.05 bits per heavy atom. The number of amides is 1. The van der Waals surface area contributed by atoms with E-state index in [-0.39, 0.29) is 65.0 Å². The molecule has 0 aromatic rings. The third-order valence-electron chi connectivity index (χ3n) is 2.95. The van der Waals surface area contributed by atoms with Crippen LogP contribution in [0.15, 0.2) is 0 Å². The fourth-order valence-electron chi connectivity index (χ4n) is 2.01. The molecule has 0 aromatic heterocycles. The molecule has 6 nitrogen and oxygen atoms in total. The second kappa shape index (κ2) is 11.1. The predicted molar refractivity (Wildman–Crippen MR) is 53.1 cm³/mol. The van der Waals surface area contributed by atoms with Gasteiger partial charge < -0.3 is 25.1 Å². The van der Waals surface area contributed by atoms with Crippen molar-refractivity contribution in [3.8, 4) is 0 Å². The first-order valence-corrected chi connectivity index (χ1v) is 5.71. The molecular weight excluding hydrogens is 272 g/mol. The van der Waals surface area contributed by atoms with Crippen molar-refractivity contribution in [3.05, 3.63) is 0 Å². The molecule has 0 aliphatic heterocycles. The van der Waals surface area contributed by atoms with Crippen LogP contribution in [-0.4, -0.2) is 23.9 Å². The van der Waals surface area contributed by atoms with Gasteiger partial charge in [-0.15, -0.1) is 0 Å². The number of hydrogen-bond acceptors (Lipinski definition) is 5. The van der Waals surface area contributed by atoms with Crippen molar-refractivity contribution < 1.29 is 83.7 Å².